The van der Waals surface area contributed by atoms with Crippen LogP contribution in [0.15, 0.2) is 29.4 Å². The highest BCUT2D eigenvalue weighted by molar-refractivity contribution is 6.06. The molecule has 2 amide bonds. The summed E-state index contributed by atoms with van der Waals surface area (Å²) in [6, 6.07) is 2.56. The van der Waals surface area contributed by atoms with E-state index in [2.05, 4.69) is 5.10 Å². The number of nitro groups is 1. The maximum absolute atomic E-state index is 12.7. The molecule has 4 rings (SSSR count). The molecule has 1 aliphatic heterocycles. The summed E-state index contributed by atoms with van der Waals surface area (Å²) in [5.74, 6) is -2.34. The van der Waals surface area contributed by atoms with Gasteiger partial charge < -0.3 is 14.2 Å². The molecular formula is C22H23N3O8. The number of methoxy groups -OCH3 is 1. The van der Waals surface area contributed by atoms with Crippen LogP contribution in [0.3, 0.4) is 0 Å². The number of nitro benzene ring substituents is 1. The third kappa shape index (κ3) is 4.06. The molecular weight excluding hydrogens is 434 g/mol. The average molecular weight is 457 g/mol. The van der Waals surface area contributed by atoms with Crippen molar-refractivity contribution in [3.05, 3.63) is 40.0 Å². The topological polar surface area (TPSA) is 138 Å². The minimum atomic E-state index is -0.692. The number of carbonyl (C=O) groups is 3. The predicted octanol–water partition coefficient (Wildman–Crippen LogP) is 2.07. The van der Waals surface area contributed by atoms with Crippen LogP contribution in [-0.2, 0) is 19.1 Å². The van der Waals surface area contributed by atoms with Crippen molar-refractivity contribution in [2.45, 2.75) is 26.4 Å². The first kappa shape index (κ1) is 22.4. The average Bonchev–Trinajstić information content (AvgIpc) is 3.44. The highest BCUT2D eigenvalue weighted by atomic mass is 16.6. The summed E-state index contributed by atoms with van der Waals surface area (Å²) >= 11 is 0. The number of imide groups is 1. The summed E-state index contributed by atoms with van der Waals surface area (Å²) < 4.78 is 15.5. The number of rotatable bonds is 8. The molecule has 11 nitrogen and oxygen atoms in total. The molecule has 0 spiro atoms. The fourth-order valence-electron chi connectivity index (χ4n) is 4.67. The van der Waals surface area contributed by atoms with E-state index in [-0.39, 0.29) is 46.8 Å². The second-order valence-corrected chi connectivity index (χ2v) is 8.39. The van der Waals surface area contributed by atoms with E-state index in [0.29, 0.717) is 0 Å². The van der Waals surface area contributed by atoms with Crippen LogP contribution in [0.5, 0.6) is 11.5 Å². The second-order valence-electron chi connectivity index (χ2n) is 8.39. The summed E-state index contributed by atoms with van der Waals surface area (Å²) in [6.07, 6.45) is 5.60. The number of amides is 2. The fraction of sp³-hybridized carbons (Fsp3) is 0.455. The molecule has 2 bridgehead atoms. The maximum Gasteiger partial charge on any atom is 0.344 e. The molecule has 0 N–H and O–H groups in total. The minimum Gasteiger partial charge on any atom is -0.493 e. The van der Waals surface area contributed by atoms with Crippen molar-refractivity contribution in [3.63, 3.8) is 0 Å². The van der Waals surface area contributed by atoms with Gasteiger partial charge >= 0.3 is 11.7 Å². The van der Waals surface area contributed by atoms with E-state index in [1.807, 2.05) is 12.2 Å². The Morgan fingerprint density at radius 2 is 1.88 bits per heavy atom. The van der Waals surface area contributed by atoms with Crippen molar-refractivity contribution in [1.29, 1.82) is 0 Å². The van der Waals surface area contributed by atoms with Gasteiger partial charge in [-0.1, -0.05) is 12.2 Å². The minimum absolute atomic E-state index is 0.0128. The molecule has 4 atom stereocenters. The molecule has 1 saturated heterocycles. The van der Waals surface area contributed by atoms with Gasteiger partial charge in [0.15, 0.2) is 12.4 Å². The Bertz CT molecular complexity index is 1050. The van der Waals surface area contributed by atoms with Crippen LogP contribution >= 0.6 is 0 Å². The highest BCUT2D eigenvalue weighted by Gasteiger charge is 2.59. The van der Waals surface area contributed by atoms with E-state index in [1.54, 1.807) is 13.8 Å². The molecule has 0 aromatic heterocycles. The third-order valence-corrected chi connectivity index (χ3v) is 5.95. The lowest BCUT2D eigenvalue weighted by Gasteiger charge is -2.13. The van der Waals surface area contributed by atoms with Crippen molar-refractivity contribution < 1.29 is 33.5 Å². The van der Waals surface area contributed by atoms with Gasteiger partial charge in [-0.2, -0.15) is 10.1 Å². The molecule has 2 aliphatic carbocycles. The highest BCUT2D eigenvalue weighted by Crippen LogP contribution is 2.52. The molecule has 3 aliphatic rings. The lowest BCUT2D eigenvalue weighted by molar-refractivity contribution is -0.385. The van der Waals surface area contributed by atoms with Gasteiger partial charge in [0.05, 0.1) is 36.2 Å². The van der Waals surface area contributed by atoms with Gasteiger partial charge in [0.2, 0.25) is 5.75 Å². The van der Waals surface area contributed by atoms with Crippen molar-refractivity contribution in [2.75, 3.05) is 13.7 Å². The zero-order valence-corrected chi connectivity index (χ0v) is 18.3. The number of allylic oxidation sites excluding steroid dienone is 2. The summed E-state index contributed by atoms with van der Waals surface area (Å²) in [5.41, 5.74) is -0.249. The van der Waals surface area contributed by atoms with Crippen LogP contribution in [-0.4, -0.2) is 53.8 Å². The number of benzene rings is 1. The molecule has 1 heterocycles. The van der Waals surface area contributed by atoms with Crippen LogP contribution < -0.4 is 9.47 Å². The first-order chi connectivity index (χ1) is 15.7. The molecule has 11 heteroatoms. The molecule has 174 valence electrons. The van der Waals surface area contributed by atoms with Crippen molar-refractivity contribution in [3.8, 4) is 11.5 Å². The van der Waals surface area contributed by atoms with Crippen LogP contribution in [0.4, 0.5) is 5.69 Å². The first-order valence-corrected chi connectivity index (χ1v) is 10.5. The molecule has 1 saturated carbocycles. The molecule has 33 heavy (non-hydrogen) atoms. The van der Waals surface area contributed by atoms with E-state index in [4.69, 9.17) is 14.2 Å². The smallest absolute Gasteiger partial charge is 0.344 e. The largest absolute Gasteiger partial charge is 0.493 e. The number of hydrogen-bond acceptors (Lipinski definition) is 9. The summed E-state index contributed by atoms with van der Waals surface area (Å²) in [4.78, 5) is 48.2. The number of ether oxygens (including phenoxy) is 3. The Balaban J connectivity index is 1.56. The zero-order chi connectivity index (χ0) is 23.9. The van der Waals surface area contributed by atoms with Crippen LogP contribution in [0.2, 0.25) is 0 Å². The van der Waals surface area contributed by atoms with Gasteiger partial charge in [-0.15, -0.1) is 0 Å². The van der Waals surface area contributed by atoms with Gasteiger partial charge in [-0.25, -0.2) is 4.79 Å². The van der Waals surface area contributed by atoms with E-state index < -0.39 is 35.0 Å². The predicted molar refractivity (Wildman–Crippen MR) is 114 cm³/mol. The first-order valence-electron chi connectivity index (χ1n) is 10.5. The van der Waals surface area contributed by atoms with Crippen LogP contribution in [0.1, 0.15) is 25.8 Å². The van der Waals surface area contributed by atoms with E-state index in [9.17, 15) is 24.5 Å². The Morgan fingerprint density at radius 3 is 2.42 bits per heavy atom. The Hall–Kier alpha value is -3.76. The van der Waals surface area contributed by atoms with Gasteiger partial charge in [-0.3, -0.25) is 19.7 Å². The number of esters is 1. The summed E-state index contributed by atoms with van der Waals surface area (Å²) in [6.45, 7) is 2.79. The van der Waals surface area contributed by atoms with E-state index >= 15 is 0 Å². The van der Waals surface area contributed by atoms with Crippen molar-refractivity contribution in [2.24, 2.45) is 28.8 Å². The zero-order valence-electron chi connectivity index (χ0n) is 18.3. The molecule has 1 aromatic rings. The van der Waals surface area contributed by atoms with E-state index in [1.165, 1.54) is 19.4 Å². The van der Waals surface area contributed by atoms with Gasteiger partial charge in [-0.05, 0) is 38.2 Å². The fourth-order valence-corrected chi connectivity index (χ4v) is 4.67. The third-order valence-electron chi connectivity index (χ3n) is 5.95. The Morgan fingerprint density at radius 1 is 1.24 bits per heavy atom. The lowest BCUT2D eigenvalue weighted by atomic mass is 9.85. The maximum atomic E-state index is 12.7. The number of nitrogens with zero attached hydrogens (tertiary/aromatic N) is 3. The quantitative estimate of drug-likeness (QED) is 0.144. The van der Waals surface area contributed by atoms with Crippen molar-refractivity contribution >= 4 is 29.7 Å². The number of hydrogen-bond donors (Lipinski definition) is 0. The van der Waals surface area contributed by atoms with Crippen LogP contribution in [0.25, 0.3) is 0 Å². The second kappa shape index (κ2) is 8.64. The molecule has 0 radical (unpaired) electrons. The molecule has 1 aromatic carbocycles. The Kier molecular flexibility index (Phi) is 5.88. The molecule has 4 unspecified atom stereocenters. The summed E-state index contributed by atoms with van der Waals surface area (Å²) in [7, 11) is 1.29. The number of hydrazone groups is 1. The monoisotopic (exact) mass is 457 g/mol. The van der Waals surface area contributed by atoms with E-state index in [0.717, 1.165) is 17.5 Å². The van der Waals surface area contributed by atoms with Gasteiger partial charge in [0, 0.05) is 11.6 Å². The van der Waals surface area contributed by atoms with Crippen LogP contribution in [0, 0.1) is 33.8 Å². The normalized spacial score (nSPS) is 25.3. The van der Waals surface area contributed by atoms with Crippen molar-refractivity contribution in [1.82, 2.24) is 5.01 Å². The van der Waals surface area contributed by atoms with Gasteiger partial charge in [0.25, 0.3) is 11.8 Å². The number of fused-ring (bicyclic) bond motifs is 5. The Labute approximate surface area is 189 Å². The standard InChI is InChI=1S/C22H23N3O8/c1-11(2)33-17(26)10-32-20-15(25(29)30)6-12(7-16(20)31-3)9-23-24-21(27)18-13-4-5-14(8-13)19(18)22(24)28/h4-7,9,11,13-14,18-19H,8,10H2,1-3H3. The summed E-state index contributed by atoms with van der Waals surface area (Å²) in [5, 5.41) is 16.5. The van der Waals surface area contributed by atoms with Gasteiger partial charge in [0.1, 0.15) is 0 Å². The number of carbonyl (C=O) groups excluding carboxylic acids is 3. The molecule has 2 fully saturated rings. The SMILES string of the molecule is COc1cc(C=NN2C(=O)C3C4C=CC(C4)C3C2=O)cc([N+](=O)[O-])c1OCC(=O)OC(C)C. The lowest BCUT2D eigenvalue weighted by Crippen LogP contribution is -2.28.